The first kappa shape index (κ1) is 18.7. The van der Waals surface area contributed by atoms with E-state index in [1.54, 1.807) is 0 Å². The lowest BCUT2D eigenvalue weighted by Gasteiger charge is -2.27. The third-order valence-electron chi connectivity index (χ3n) is 4.59. The fourth-order valence-electron chi connectivity index (χ4n) is 3.14. The molecule has 1 aromatic heterocycles. The number of piperidine rings is 1. The molecule has 1 aromatic rings. The van der Waals surface area contributed by atoms with Crippen molar-refractivity contribution >= 4 is 5.96 Å². The molecular formula is C17H33N7. The smallest absolute Gasteiger partial charge is 0.191 e. The SMILES string of the molecule is CN=C(NCCN1CCCCC1)NCC(c1cnn(C)c1)N(C)C. The highest BCUT2D eigenvalue weighted by molar-refractivity contribution is 5.79. The molecule has 7 heteroatoms. The predicted octanol–water partition coefficient (Wildman–Crippen LogP) is 0.674. The molecule has 2 N–H and O–H groups in total. The molecule has 24 heavy (non-hydrogen) atoms. The van der Waals surface area contributed by atoms with Gasteiger partial charge in [-0.05, 0) is 40.0 Å². The van der Waals surface area contributed by atoms with E-state index in [-0.39, 0.29) is 6.04 Å². The maximum atomic E-state index is 4.34. The van der Waals surface area contributed by atoms with Crippen LogP contribution in [0.1, 0.15) is 30.9 Å². The van der Waals surface area contributed by atoms with Gasteiger partial charge >= 0.3 is 0 Å². The van der Waals surface area contributed by atoms with E-state index in [0.29, 0.717) is 0 Å². The van der Waals surface area contributed by atoms with E-state index in [1.165, 1.54) is 37.9 Å². The van der Waals surface area contributed by atoms with E-state index >= 15 is 0 Å². The molecule has 1 unspecified atom stereocenters. The Labute approximate surface area is 146 Å². The third kappa shape index (κ3) is 5.79. The van der Waals surface area contributed by atoms with Gasteiger partial charge in [0.15, 0.2) is 5.96 Å². The number of hydrogen-bond acceptors (Lipinski definition) is 4. The van der Waals surface area contributed by atoms with Crippen LogP contribution in [0.3, 0.4) is 0 Å². The van der Waals surface area contributed by atoms with E-state index < -0.39 is 0 Å². The zero-order chi connectivity index (χ0) is 17.4. The highest BCUT2D eigenvalue weighted by Crippen LogP contribution is 2.15. The number of likely N-dealkylation sites (N-methyl/N-ethyl adjacent to an activating group) is 1. The second kappa shape index (κ2) is 9.64. The van der Waals surface area contributed by atoms with Crippen molar-refractivity contribution < 1.29 is 0 Å². The van der Waals surface area contributed by atoms with Crippen LogP contribution in [0, 0.1) is 0 Å². The molecule has 1 saturated heterocycles. The molecule has 2 heterocycles. The molecule has 0 amide bonds. The summed E-state index contributed by atoms with van der Waals surface area (Å²) in [4.78, 5) is 9.07. The van der Waals surface area contributed by atoms with Gasteiger partial charge in [-0.15, -0.1) is 0 Å². The van der Waals surface area contributed by atoms with Crippen LogP contribution in [-0.4, -0.2) is 79.4 Å². The van der Waals surface area contributed by atoms with Crippen LogP contribution in [0.25, 0.3) is 0 Å². The number of aryl methyl sites for hydroxylation is 1. The van der Waals surface area contributed by atoms with Crippen LogP contribution < -0.4 is 10.6 Å². The quantitative estimate of drug-likeness (QED) is 0.567. The van der Waals surface area contributed by atoms with E-state index in [1.807, 2.05) is 25.0 Å². The Bertz CT molecular complexity index is 503. The Morgan fingerprint density at radius 3 is 2.62 bits per heavy atom. The minimum absolute atomic E-state index is 0.263. The van der Waals surface area contributed by atoms with Gasteiger partial charge < -0.3 is 20.4 Å². The van der Waals surface area contributed by atoms with Gasteiger partial charge in [0, 0.05) is 45.5 Å². The summed E-state index contributed by atoms with van der Waals surface area (Å²) in [5.41, 5.74) is 1.21. The summed E-state index contributed by atoms with van der Waals surface area (Å²) < 4.78 is 1.84. The second-order valence-electron chi connectivity index (χ2n) is 6.71. The maximum absolute atomic E-state index is 4.34. The summed E-state index contributed by atoms with van der Waals surface area (Å²) in [7, 11) is 7.95. The average Bonchev–Trinajstić information content (AvgIpc) is 3.00. The molecule has 0 saturated carbocycles. The Morgan fingerprint density at radius 2 is 2.04 bits per heavy atom. The number of aromatic nitrogens is 2. The Morgan fingerprint density at radius 1 is 1.29 bits per heavy atom. The topological polar surface area (TPSA) is 60.7 Å². The first-order valence-electron chi connectivity index (χ1n) is 8.92. The van der Waals surface area contributed by atoms with Gasteiger partial charge in [0.05, 0.1) is 12.2 Å². The summed E-state index contributed by atoms with van der Waals surface area (Å²) >= 11 is 0. The van der Waals surface area contributed by atoms with Gasteiger partial charge in [-0.1, -0.05) is 6.42 Å². The molecule has 0 spiro atoms. The summed E-state index contributed by atoms with van der Waals surface area (Å²) in [6.07, 6.45) is 8.05. The van der Waals surface area contributed by atoms with Crippen molar-refractivity contribution in [3.8, 4) is 0 Å². The van der Waals surface area contributed by atoms with Gasteiger partial charge in [0.25, 0.3) is 0 Å². The zero-order valence-corrected chi connectivity index (χ0v) is 15.6. The molecule has 136 valence electrons. The van der Waals surface area contributed by atoms with Gasteiger partial charge in [0.1, 0.15) is 0 Å². The molecule has 1 atom stereocenters. The molecule has 0 aliphatic carbocycles. The molecule has 2 rings (SSSR count). The molecule has 0 bridgehead atoms. The van der Waals surface area contributed by atoms with E-state index in [4.69, 9.17) is 0 Å². The van der Waals surface area contributed by atoms with Crippen molar-refractivity contribution in [2.45, 2.75) is 25.3 Å². The van der Waals surface area contributed by atoms with Crippen LogP contribution in [0.5, 0.6) is 0 Å². The number of aliphatic imine (C=N–C) groups is 1. The molecule has 0 aromatic carbocycles. The number of nitrogens with one attached hydrogen (secondary N) is 2. The van der Waals surface area contributed by atoms with Gasteiger partial charge in [-0.3, -0.25) is 9.67 Å². The molecular weight excluding hydrogens is 302 g/mol. The van der Waals surface area contributed by atoms with Gasteiger partial charge in [-0.25, -0.2) is 0 Å². The van der Waals surface area contributed by atoms with Crippen LogP contribution in [0.2, 0.25) is 0 Å². The lowest BCUT2D eigenvalue weighted by Crippen LogP contribution is -2.44. The Kier molecular flexibility index (Phi) is 7.52. The fraction of sp³-hybridized carbons (Fsp3) is 0.765. The van der Waals surface area contributed by atoms with Crippen molar-refractivity contribution in [3.05, 3.63) is 18.0 Å². The van der Waals surface area contributed by atoms with Crippen LogP contribution in [0.15, 0.2) is 17.4 Å². The first-order valence-corrected chi connectivity index (χ1v) is 8.92. The number of nitrogens with zero attached hydrogens (tertiary/aromatic N) is 5. The molecule has 1 fully saturated rings. The van der Waals surface area contributed by atoms with Crippen molar-refractivity contribution in [1.82, 2.24) is 30.2 Å². The second-order valence-corrected chi connectivity index (χ2v) is 6.71. The number of likely N-dealkylation sites (tertiary alicyclic amines) is 1. The fourth-order valence-corrected chi connectivity index (χ4v) is 3.14. The minimum Gasteiger partial charge on any atom is -0.355 e. The third-order valence-corrected chi connectivity index (χ3v) is 4.59. The summed E-state index contributed by atoms with van der Waals surface area (Å²) in [5, 5.41) is 11.1. The molecule has 0 radical (unpaired) electrons. The monoisotopic (exact) mass is 335 g/mol. The summed E-state index contributed by atoms with van der Waals surface area (Å²) in [5.74, 6) is 0.864. The van der Waals surface area contributed by atoms with Gasteiger partial charge in [-0.2, -0.15) is 5.10 Å². The van der Waals surface area contributed by atoms with E-state index in [0.717, 1.165) is 25.6 Å². The highest BCUT2D eigenvalue weighted by atomic mass is 15.3. The largest absolute Gasteiger partial charge is 0.355 e. The number of rotatable bonds is 7. The van der Waals surface area contributed by atoms with Crippen LogP contribution in [-0.2, 0) is 7.05 Å². The average molecular weight is 336 g/mol. The zero-order valence-electron chi connectivity index (χ0n) is 15.6. The van der Waals surface area contributed by atoms with Crippen molar-refractivity contribution in [1.29, 1.82) is 0 Å². The standard InChI is InChI=1S/C17H33N7/c1-18-17(19-8-11-24-9-6-5-7-10-24)20-13-16(22(2)3)15-12-21-23(4)14-15/h12,14,16H,5-11,13H2,1-4H3,(H2,18,19,20). The lowest BCUT2D eigenvalue weighted by atomic mass is 10.1. The minimum atomic E-state index is 0.263. The Balaban J connectivity index is 1.76. The van der Waals surface area contributed by atoms with Crippen molar-refractivity contribution in [2.24, 2.45) is 12.0 Å². The molecule has 1 aliphatic rings. The van der Waals surface area contributed by atoms with E-state index in [2.05, 4.69) is 50.8 Å². The van der Waals surface area contributed by atoms with Crippen LogP contribution >= 0.6 is 0 Å². The van der Waals surface area contributed by atoms with Crippen LogP contribution in [0.4, 0.5) is 0 Å². The lowest BCUT2D eigenvalue weighted by molar-refractivity contribution is 0.232. The Hall–Kier alpha value is -1.60. The molecule has 1 aliphatic heterocycles. The number of hydrogen-bond donors (Lipinski definition) is 2. The predicted molar refractivity (Wildman–Crippen MR) is 99.3 cm³/mol. The van der Waals surface area contributed by atoms with Gasteiger partial charge in [0.2, 0.25) is 0 Å². The normalized spacial score (nSPS) is 18.0. The number of guanidine groups is 1. The van der Waals surface area contributed by atoms with E-state index in [9.17, 15) is 0 Å². The molecule has 7 nitrogen and oxygen atoms in total. The maximum Gasteiger partial charge on any atom is 0.191 e. The first-order chi connectivity index (χ1) is 11.6. The van der Waals surface area contributed by atoms with Crippen molar-refractivity contribution in [3.63, 3.8) is 0 Å². The highest BCUT2D eigenvalue weighted by Gasteiger charge is 2.16. The summed E-state index contributed by atoms with van der Waals surface area (Å²) in [6.45, 7) is 5.27. The summed E-state index contributed by atoms with van der Waals surface area (Å²) in [6, 6.07) is 0.263. The van der Waals surface area contributed by atoms with Crippen molar-refractivity contribution in [2.75, 3.05) is 53.9 Å².